The van der Waals surface area contributed by atoms with Gasteiger partial charge in [0, 0.05) is 12.3 Å². The number of rotatable bonds is 5. The van der Waals surface area contributed by atoms with E-state index in [1.807, 2.05) is 19.1 Å². The predicted molar refractivity (Wildman–Crippen MR) is 68.7 cm³/mol. The van der Waals surface area contributed by atoms with Crippen molar-refractivity contribution in [3.05, 3.63) is 36.5 Å². The molecule has 0 saturated carbocycles. The monoisotopic (exact) mass is 245 g/mol. The van der Waals surface area contributed by atoms with Crippen LogP contribution in [0.25, 0.3) is 0 Å². The Morgan fingerprint density at radius 1 is 1.22 bits per heavy atom. The summed E-state index contributed by atoms with van der Waals surface area (Å²) in [5, 5.41) is 0. The van der Waals surface area contributed by atoms with Crippen LogP contribution in [-0.4, -0.2) is 16.6 Å². The van der Waals surface area contributed by atoms with Crippen molar-refractivity contribution in [2.45, 2.75) is 13.3 Å². The summed E-state index contributed by atoms with van der Waals surface area (Å²) in [5.74, 6) is 1.03. The van der Waals surface area contributed by atoms with E-state index < -0.39 is 0 Å². The Morgan fingerprint density at radius 3 is 2.83 bits per heavy atom. The van der Waals surface area contributed by atoms with Gasteiger partial charge in [0.1, 0.15) is 0 Å². The third kappa shape index (κ3) is 3.10. The highest BCUT2D eigenvalue weighted by Gasteiger charge is 2.05. The van der Waals surface area contributed by atoms with Gasteiger partial charge in [-0.2, -0.15) is 4.98 Å². The van der Waals surface area contributed by atoms with Gasteiger partial charge in [0.2, 0.25) is 5.88 Å². The second kappa shape index (κ2) is 5.86. The van der Waals surface area contributed by atoms with Crippen LogP contribution in [0.15, 0.2) is 36.5 Å². The third-order valence-electron chi connectivity index (χ3n) is 2.18. The van der Waals surface area contributed by atoms with Crippen molar-refractivity contribution in [3.8, 4) is 17.6 Å². The molecule has 2 rings (SSSR count). The summed E-state index contributed by atoms with van der Waals surface area (Å²) >= 11 is 0. The predicted octanol–water partition coefficient (Wildman–Crippen LogP) is 2.64. The topological polar surface area (TPSA) is 70.3 Å². The number of para-hydroxylation sites is 2. The van der Waals surface area contributed by atoms with E-state index in [0.29, 0.717) is 23.9 Å². The zero-order chi connectivity index (χ0) is 12.8. The molecule has 0 bridgehead atoms. The van der Waals surface area contributed by atoms with Gasteiger partial charge in [0.05, 0.1) is 12.3 Å². The minimum atomic E-state index is 0.224. The second-order valence-corrected chi connectivity index (χ2v) is 3.67. The molecule has 0 saturated heterocycles. The normalized spacial score (nSPS) is 10.1. The van der Waals surface area contributed by atoms with Crippen molar-refractivity contribution in [1.29, 1.82) is 0 Å². The van der Waals surface area contributed by atoms with Crippen molar-refractivity contribution in [3.63, 3.8) is 0 Å². The Morgan fingerprint density at radius 2 is 2.06 bits per heavy atom. The molecule has 1 heterocycles. The molecule has 1 aromatic carbocycles. The summed E-state index contributed by atoms with van der Waals surface area (Å²) in [6.45, 7) is 2.65. The Bertz CT molecular complexity index is 517. The summed E-state index contributed by atoms with van der Waals surface area (Å²) in [6.07, 6.45) is 2.51. The lowest BCUT2D eigenvalue weighted by Crippen LogP contribution is -2.00. The van der Waals surface area contributed by atoms with E-state index in [2.05, 4.69) is 9.97 Å². The first-order chi connectivity index (χ1) is 8.79. The third-order valence-corrected chi connectivity index (χ3v) is 2.18. The van der Waals surface area contributed by atoms with Crippen LogP contribution in [0.2, 0.25) is 0 Å². The van der Waals surface area contributed by atoms with Crippen molar-refractivity contribution in [2.24, 2.45) is 0 Å². The molecule has 18 heavy (non-hydrogen) atoms. The van der Waals surface area contributed by atoms with E-state index in [4.69, 9.17) is 15.2 Å². The number of hydrogen-bond acceptors (Lipinski definition) is 5. The first-order valence-electron chi connectivity index (χ1n) is 5.78. The van der Waals surface area contributed by atoms with Gasteiger partial charge in [-0.15, -0.1) is 0 Å². The lowest BCUT2D eigenvalue weighted by molar-refractivity contribution is 0.298. The largest absolute Gasteiger partial charge is 0.478 e. The number of hydrogen-bond donors (Lipinski definition) is 1. The highest BCUT2D eigenvalue weighted by molar-refractivity contribution is 5.52. The highest BCUT2D eigenvalue weighted by Crippen LogP contribution is 2.25. The van der Waals surface area contributed by atoms with Crippen LogP contribution in [0.3, 0.4) is 0 Å². The molecular formula is C13H15N3O2. The fraction of sp³-hybridized carbons (Fsp3) is 0.231. The van der Waals surface area contributed by atoms with Gasteiger partial charge in [-0.05, 0) is 18.6 Å². The van der Waals surface area contributed by atoms with E-state index in [1.54, 1.807) is 24.4 Å². The molecule has 0 amide bonds. The molecule has 0 aliphatic carbocycles. The minimum Gasteiger partial charge on any atom is -0.478 e. The van der Waals surface area contributed by atoms with Crippen molar-refractivity contribution < 1.29 is 9.47 Å². The number of aromatic nitrogens is 2. The first kappa shape index (κ1) is 12.2. The van der Waals surface area contributed by atoms with Crippen molar-refractivity contribution in [1.82, 2.24) is 9.97 Å². The summed E-state index contributed by atoms with van der Waals surface area (Å²) in [4.78, 5) is 8.15. The molecule has 0 aliphatic heterocycles. The van der Waals surface area contributed by atoms with Crippen LogP contribution in [0.4, 0.5) is 5.69 Å². The molecule has 5 heteroatoms. The maximum absolute atomic E-state index is 5.77. The molecule has 1 aromatic heterocycles. The zero-order valence-electron chi connectivity index (χ0n) is 10.2. The molecule has 2 aromatic rings. The summed E-state index contributed by atoms with van der Waals surface area (Å²) in [6, 6.07) is 9.11. The van der Waals surface area contributed by atoms with Gasteiger partial charge in [-0.25, -0.2) is 4.98 Å². The molecule has 0 radical (unpaired) electrons. The molecular weight excluding hydrogens is 230 g/mol. The van der Waals surface area contributed by atoms with E-state index >= 15 is 0 Å². The molecule has 2 N–H and O–H groups in total. The minimum absolute atomic E-state index is 0.224. The van der Waals surface area contributed by atoms with E-state index in [-0.39, 0.29) is 6.01 Å². The lowest BCUT2D eigenvalue weighted by atomic mass is 10.3. The average molecular weight is 245 g/mol. The van der Waals surface area contributed by atoms with Crippen molar-refractivity contribution >= 4 is 5.69 Å². The first-order valence-corrected chi connectivity index (χ1v) is 5.78. The Kier molecular flexibility index (Phi) is 3.96. The van der Waals surface area contributed by atoms with Crippen LogP contribution in [0.5, 0.6) is 17.6 Å². The van der Waals surface area contributed by atoms with Crippen LogP contribution >= 0.6 is 0 Å². The van der Waals surface area contributed by atoms with Gasteiger partial charge >= 0.3 is 6.01 Å². The molecule has 0 spiro atoms. The Hall–Kier alpha value is -2.30. The van der Waals surface area contributed by atoms with E-state index in [1.165, 1.54) is 0 Å². The van der Waals surface area contributed by atoms with Crippen LogP contribution in [0, 0.1) is 0 Å². The fourth-order valence-corrected chi connectivity index (χ4v) is 1.33. The number of nitrogens with two attached hydrogens (primary N) is 1. The summed E-state index contributed by atoms with van der Waals surface area (Å²) < 4.78 is 10.9. The number of benzene rings is 1. The SMILES string of the molecule is CCCOc1ccnc(Oc2ccccc2N)n1. The van der Waals surface area contributed by atoms with Crippen LogP contribution in [0.1, 0.15) is 13.3 Å². The lowest BCUT2D eigenvalue weighted by Gasteiger charge is -2.07. The zero-order valence-corrected chi connectivity index (χ0v) is 10.2. The van der Waals surface area contributed by atoms with Crippen LogP contribution < -0.4 is 15.2 Å². The van der Waals surface area contributed by atoms with Gasteiger partial charge in [0.15, 0.2) is 5.75 Å². The quantitative estimate of drug-likeness (QED) is 0.820. The standard InChI is InChI=1S/C13H15N3O2/c1-2-9-17-12-7-8-15-13(16-12)18-11-6-4-3-5-10(11)14/h3-8H,2,9,14H2,1H3. The summed E-state index contributed by atoms with van der Waals surface area (Å²) in [7, 11) is 0. The second-order valence-electron chi connectivity index (χ2n) is 3.67. The maximum Gasteiger partial charge on any atom is 0.325 e. The molecule has 94 valence electrons. The Labute approximate surface area is 106 Å². The summed E-state index contributed by atoms with van der Waals surface area (Å²) in [5.41, 5.74) is 6.32. The van der Waals surface area contributed by atoms with E-state index in [9.17, 15) is 0 Å². The highest BCUT2D eigenvalue weighted by atomic mass is 16.5. The molecule has 0 unspecified atom stereocenters. The average Bonchev–Trinajstić information content (AvgIpc) is 2.40. The molecule has 0 atom stereocenters. The van der Waals surface area contributed by atoms with Crippen molar-refractivity contribution in [2.75, 3.05) is 12.3 Å². The van der Waals surface area contributed by atoms with Gasteiger partial charge < -0.3 is 15.2 Å². The van der Waals surface area contributed by atoms with Gasteiger partial charge in [-0.1, -0.05) is 19.1 Å². The number of nitrogens with zero attached hydrogens (tertiary/aromatic N) is 2. The molecule has 0 aliphatic rings. The number of nitrogen functional groups attached to an aromatic ring is 1. The van der Waals surface area contributed by atoms with Crippen LogP contribution in [-0.2, 0) is 0 Å². The number of ether oxygens (including phenoxy) is 2. The maximum atomic E-state index is 5.77. The molecule has 0 fully saturated rings. The smallest absolute Gasteiger partial charge is 0.325 e. The Balaban J connectivity index is 2.12. The number of anilines is 1. The molecule has 5 nitrogen and oxygen atoms in total. The van der Waals surface area contributed by atoms with E-state index in [0.717, 1.165) is 6.42 Å². The van der Waals surface area contributed by atoms with Gasteiger partial charge in [-0.3, -0.25) is 0 Å². The van der Waals surface area contributed by atoms with Gasteiger partial charge in [0.25, 0.3) is 0 Å². The fourth-order valence-electron chi connectivity index (χ4n) is 1.33.